The van der Waals surface area contributed by atoms with E-state index >= 15 is 0 Å². The second kappa shape index (κ2) is 6.68. The number of unbranched alkanes of at least 4 members (excludes halogenated alkanes) is 1. The average Bonchev–Trinajstić information content (AvgIpc) is 2.11. The molecule has 14 heavy (non-hydrogen) atoms. The summed E-state index contributed by atoms with van der Waals surface area (Å²) >= 11 is 0. The molecular weight excluding hydrogens is 180 g/mol. The molecule has 0 rings (SSSR count). The summed E-state index contributed by atoms with van der Waals surface area (Å²) in [4.78, 5) is 21.6. The van der Waals surface area contributed by atoms with Crippen molar-refractivity contribution in [2.45, 2.75) is 51.6 Å². The Hall–Kier alpha value is -0.740. The molecule has 2 unspecified atom stereocenters. The minimum Gasteiger partial charge on any atom is -0.322 e. The van der Waals surface area contributed by atoms with E-state index < -0.39 is 0 Å². The number of carbonyl (C=O) groups is 2. The van der Waals surface area contributed by atoms with Crippen LogP contribution in [0.5, 0.6) is 0 Å². The molecule has 0 saturated carbocycles. The quantitative estimate of drug-likeness (QED) is 0.582. The van der Waals surface area contributed by atoms with E-state index in [1.54, 1.807) is 0 Å². The van der Waals surface area contributed by atoms with E-state index in [2.05, 4.69) is 0 Å². The first-order valence-corrected chi connectivity index (χ1v) is 4.97. The normalized spacial score (nSPS) is 14.9. The molecule has 0 aliphatic rings. The molecule has 4 N–H and O–H groups in total. The van der Waals surface area contributed by atoms with Crippen molar-refractivity contribution in [2.75, 3.05) is 0 Å². The van der Waals surface area contributed by atoms with Crippen molar-refractivity contribution < 1.29 is 9.59 Å². The van der Waals surface area contributed by atoms with Crippen LogP contribution in [0.2, 0.25) is 0 Å². The molecule has 0 amide bonds. The molecule has 0 aromatic heterocycles. The number of hydrogen-bond donors (Lipinski definition) is 2. The minimum atomic E-state index is -0.358. The highest BCUT2D eigenvalue weighted by atomic mass is 16.1. The Morgan fingerprint density at radius 3 is 1.43 bits per heavy atom. The fourth-order valence-electron chi connectivity index (χ4n) is 1.14. The second-order valence-electron chi connectivity index (χ2n) is 3.72. The van der Waals surface area contributed by atoms with Gasteiger partial charge in [0, 0.05) is 0 Å². The van der Waals surface area contributed by atoms with Gasteiger partial charge in [-0.2, -0.15) is 0 Å². The summed E-state index contributed by atoms with van der Waals surface area (Å²) in [6.07, 6.45) is 3.06. The molecule has 2 atom stereocenters. The first-order valence-electron chi connectivity index (χ1n) is 4.97. The SMILES string of the molecule is CC(=O)C(N)CCCCC(N)C(C)=O. The van der Waals surface area contributed by atoms with Crippen molar-refractivity contribution in [3.63, 3.8) is 0 Å². The van der Waals surface area contributed by atoms with E-state index in [4.69, 9.17) is 11.5 Å². The lowest BCUT2D eigenvalue weighted by Gasteiger charge is -2.09. The zero-order valence-electron chi connectivity index (χ0n) is 8.95. The third-order valence-electron chi connectivity index (χ3n) is 2.32. The molecular formula is C10H20N2O2. The molecule has 4 nitrogen and oxygen atoms in total. The van der Waals surface area contributed by atoms with Crippen LogP contribution >= 0.6 is 0 Å². The van der Waals surface area contributed by atoms with Crippen LogP contribution < -0.4 is 11.5 Å². The van der Waals surface area contributed by atoms with Crippen LogP contribution in [0.3, 0.4) is 0 Å². The van der Waals surface area contributed by atoms with Crippen molar-refractivity contribution in [3.8, 4) is 0 Å². The van der Waals surface area contributed by atoms with Crippen LogP contribution in [-0.2, 0) is 9.59 Å². The van der Waals surface area contributed by atoms with Gasteiger partial charge in [-0.05, 0) is 26.7 Å². The first kappa shape index (κ1) is 13.3. The highest BCUT2D eigenvalue weighted by Crippen LogP contribution is 2.05. The number of ketones is 2. The van der Waals surface area contributed by atoms with Crippen molar-refractivity contribution >= 4 is 11.6 Å². The summed E-state index contributed by atoms with van der Waals surface area (Å²) in [6.45, 7) is 2.98. The molecule has 4 heteroatoms. The van der Waals surface area contributed by atoms with Gasteiger partial charge in [0.1, 0.15) is 11.6 Å². The van der Waals surface area contributed by atoms with Gasteiger partial charge >= 0.3 is 0 Å². The van der Waals surface area contributed by atoms with Crippen molar-refractivity contribution in [1.29, 1.82) is 0 Å². The molecule has 0 aromatic carbocycles. The number of nitrogens with two attached hydrogens (primary N) is 2. The van der Waals surface area contributed by atoms with Crippen LogP contribution in [0.15, 0.2) is 0 Å². The third-order valence-corrected chi connectivity index (χ3v) is 2.32. The van der Waals surface area contributed by atoms with E-state index in [1.165, 1.54) is 13.8 Å². The van der Waals surface area contributed by atoms with Crippen LogP contribution in [0.25, 0.3) is 0 Å². The number of carbonyl (C=O) groups excluding carboxylic acids is 2. The van der Waals surface area contributed by atoms with Gasteiger partial charge < -0.3 is 11.5 Å². The monoisotopic (exact) mass is 200 g/mol. The lowest BCUT2D eigenvalue weighted by Crippen LogP contribution is -2.29. The highest BCUT2D eigenvalue weighted by molar-refractivity contribution is 5.81. The maximum absolute atomic E-state index is 10.8. The van der Waals surface area contributed by atoms with Crippen LogP contribution in [-0.4, -0.2) is 23.7 Å². The zero-order valence-corrected chi connectivity index (χ0v) is 8.95. The van der Waals surface area contributed by atoms with Crippen molar-refractivity contribution in [3.05, 3.63) is 0 Å². The first-order chi connectivity index (χ1) is 6.45. The summed E-state index contributed by atoms with van der Waals surface area (Å²) < 4.78 is 0. The molecule has 0 aliphatic heterocycles. The standard InChI is InChI=1S/C10H20N2O2/c1-7(13)9(11)5-3-4-6-10(12)8(2)14/h9-10H,3-6,11-12H2,1-2H3. The van der Waals surface area contributed by atoms with Gasteiger partial charge in [0.05, 0.1) is 12.1 Å². The zero-order chi connectivity index (χ0) is 11.1. The van der Waals surface area contributed by atoms with Crippen LogP contribution in [0.1, 0.15) is 39.5 Å². The Morgan fingerprint density at radius 2 is 1.21 bits per heavy atom. The van der Waals surface area contributed by atoms with E-state index in [0.717, 1.165) is 12.8 Å². The van der Waals surface area contributed by atoms with E-state index in [1.807, 2.05) is 0 Å². The van der Waals surface area contributed by atoms with Crippen molar-refractivity contribution in [2.24, 2.45) is 11.5 Å². The predicted octanol–water partition coefficient (Wildman–Crippen LogP) is 0.379. The average molecular weight is 200 g/mol. The van der Waals surface area contributed by atoms with Gasteiger partial charge in [0.25, 0.3) is 0 Å². The molecule has 0 heterocycles. The lowest BCUT2D eigenvalue weighted by atomic mass is 10.0. The summed E-state index contributed by atoms with van der Waals surface area (Å²) in [6, 6.07) is -0.716. The molecule has 0 bridgehead atoms. The fraction of sp³-hybridized carbons (Fsp3) is 0.800. The van der Waals surface area contributed by atoms with E-state index in [0.29, 0.717) is 12.8 Å². The molecule has 0 radical (unpaired) electrons. The molecule has 0 saturated heterocycles. The van der Waals surface area contributed by atoms with Crippen LogP contribution in [0, 0.1) is 0 Å². The van der Waals surface area contributed by atoms with Gasteiger partial charge in [-0.25, -0.2) is 0 Å². The van der Waals surface area contributed by atoms with Crippen molar-refractivity contribution in [1.82, 2.24) is 0 Å². The summed E-state index contributed by atoms with van der Waals surface area (Å²) in [5.74, 6) is 0.0294. The Kier molecular flexibility index (Phi) is 6.32. The largest absolute Gasteiger partial charge is 0.322 e. The molecule has 0 aromatic rings. The molecule has 0 aliphatic carbocycles. The minimum absolute atomic E-state index is 0.0147. The van der Waals surface area contributed by atoms with Gasteiger partial charge in [0.2, 0.25) is 0 Å². The van der Waals surface area contributed by atoms with E-state index in [9.17, 15) is 9.59 Å². The lowest BCUT2D eigenvalue weighted by molar-refractivity contribution is -0.119. The predicted molar refractivity (Wildman–Crippen MR) is 55.8 cm³/mol. The van der Waals surface area contributed by atoms with Gasteiger partial charge in [0.15, 0.2) is 0 Å². The topological polar surface area (TPSA) is 86.2 Å². The summed E-state index contributed by atoms with van der Waals surface area (Å²) in [5, 5.41) is 0. The number of rotatable bonds is 7. The number of hydrogen-bond acceptors (Lipinski definition) is 4. The number of Topliss-reactive ketones (excluding diaryl/α,β-unsaturated/α-hetero) is 2. The second-order valence-corrected chi connectivity index (χ2v) is 3.72. The van der Waals surface area contributed by atoms with Gasteiger partial charge in [-0.15, -0.1) is 0 Å². The maximum atomic E-state index is 10.8. The maximum Gasteiger partial charge on any atom is 0.146 e. The summed E-state index contributed by atoms with van der Waals surface area (Å²) in [7, 11) is 0. The Labute approximate surface area is 85.0 Å². The highest BCUT2D eigenvalue weighted by Gasteiger charge is 2.09. The van der Waals surface area contributed by atoms with Crippen LogP contribution in [0.4, 0.5) is 0 Å². The molecule has 0 spiro atoms. The smallest absolute Gasteiger partial charge is 0.146 e. The molecule has 82 valence electrons. The Morgan fingerprint density at radius 1 is 0.929 bits per heavy atom. The fourth-order valence-corrected chi connectivity index (χ4v) is 1.14. The van der Waals surface area contributed by atoms with Gasteiger partial charge in [-0.3, -0.25) is 9.59 Å². The third kappa shape index (κ3) is 5.83. The Balaban J connectivity index is 3.47. The summed E-state index contributed by atoms with van der Waals surface area (Å²) in [5.41, 5.74) is 11.1. The Bertz CT molecular complexity index is 182. The van der Waals surface area contributed by atoms with Gasteiger partial charge in [-0.1, -0.05) is 12.8 Å². The molecule has 0 fully saturated rings. The van der Waals surface area contributed by atoms with E-state index in [-0.39, 0.29) is 23.7 Å².